The molecule has 3 nitrogen and oxygen atoms in total. The van der Waals surface area contributed by atoms with Crippen LogP contribution in [-0.2, 0) is 6.61 Å². The Morgan fingerprint density at radius 1 is 1.89 bits per heavy atom. The summed E-state index contributed by atoms with van der Waals surface area (Å²) in [5.74, 6) is 0. The van der Waals surface area contributed by atoms with Crippen molar-refractivity contribution in [2.24, 2.45) is 0 Å². The normalized spacial score (nSPS) is 9.44. The van der Waals surface area contributed by atoms with Gasteiger partial charge in [0.1, 0.15) is 0 Å². The van der Waals surface area contributed by atoms with Crippen molar-refractivity contribution in [3.63, 3.8) is 0 Å². The third-order valence-corrected chi connectivity index (χ3v) is 1.02. The zero-order chi connectivity index (χ0) is 6.69. The van der Waals surface area contributed by atoms with E-state index in [-0.39, 0.29) is 6.61 Å². The largest absolute Gasteiger partial charge is 0.392 e. The maximum Gasteiger partial charge on any atom is 0.0712 e. The number of hydrogen-bond acceptors (Lipinski definition) is 2. The third-order valence-electron chi connectivity index (χ3n) is 1.02. The first-order chi connectivity index (χ1) is 4.36. The van der Waals surface area contributed by atoms with E-state index < -0.39 is 0 Å². The number of aromatic nitrogens is 2. The minimum absolute atomic E-state index is 0.0356. The van der Waals surface area contributed by atoms with Gasteiger partial charge in [0.25, 0.3) is 0 Å². The number of aliphatic hydroxyl groups is 1. The van der Waals surface area contributed by atoms with Crippen LogP contribution in [0.5, 0.6) is 0 Å². The van der Waals surface area contributed by atoms with Gasteiger partial charge < -0.3 is 5.11 Å². The second-order valence-corrected chi connectivity index (χ2v) is 1.67. The summed E-state index contributed by atoms with van der Waals surface area (Å²) >= 11 is 0. The lowest BCUT2D eigenvalue weighted by Crippen LogP contribution is -1.82. The smallest absolute Gasteiger partial charge is 0.0712 e. The van der Waals surface area contributed by atoms with E-state index in [1.54, 1.807) is 23.3 Å². The van der Waals surface area contributed by atoms with E-state index in [0.29, 0.717) is 0 Å². The van der Waals surface area contributed by atoms with E-state index in [0.717, 1.165) is 5.56 Å². The van der Waals surface area contributed by atoms with E-state index in [1.165, 1.54) is 0 Å². The molecular weight excluding hydrogens is 116 g/mol. The van der Waals surface area contributed by atoms with Crippen molar-refractivity contribution in [1.82, 2.24) is 9.78 Å². The molecule has 3 heteroatoms. The molecule has 9 heavy (non-hydrogen) atoms. The van der Waals surface area contributed by atoms with E-state index in [9.17, 15) is 0 Å². The standard InChI is InChI=1S/C6H8N2O/c1-2-8-4-6(5-9)3-7-8/h2-4,9H,1,5H2. The predicted octanol–water partition coefficient (Wildman–Crippen LogP) is 0.476. The first-order valence-corrected chi connectivity index (χ1v) is 2.63. The van der Waals surface area contributed by atoms with Crippen molar-refractivity contribution >= 4 is 6.20 Å². The van der Waals surface area contributed by atoms with Gasteiger partial charge in [-0.15, -0.1) is 0 Å². The molecule has 0 saturated heterocycles. The van der Waals surface area contributed by atoms with Crippen LogP contribution in [0.4, 0.5) is 0 Å². The Morgan fingerprint density at radius 3 is 3.00 bits per heavy atom. The lowest BCUT2D eigenvalue weighted by atomic mass is 10.4. The van der Waals surface area contributed by atoms with Gasteiger partial charge in [0.15, 0.2) is 0 Å². The maximum absolute atomic E-state index is 8.56. The molecule has 1 rings (SSSR count). The van der Waals surface area contributed by atoms with Crippen molar-refractivity contribution in [3.8, 4) is 0 Å². The van der Waals surface area contributed by atoms with Crippen LogP contribution in [0.3, 0.4) is 0 Å². The molecule has 0 radical (unpaired) electrons. The van der Waals surface area contributed by atoms with E-state index >= 15 is 0 Å². The zero-order valence-electron chi connectivity index (χ0n) is 4.99. The average Bonchev–Trinajstić information content (AvgIpc) is 2.34. The number of aliphatic hydroxyl groups excluding tert-OH is 1. The molecule has 0 spiro atoms. The van der Waals surface area contributed by atoms with Crippen molar-refractivity contribution in [3.05, 3.63) is 24.5 Å². The third kappa shape index (κ3) is 1.17. The highest BCUT2D eigenvalue weighted by molar-refractivity contribution is 5.16. The Balaban J connectivity index is 2.86. The number of rotatable bonds is 2. The topological polar surface area (TPSA) is 38.0 Å². The molecule has 1 N–H and O–H groups in total. The van der Waals surface area contributed by atoms with Gasteiger partial charge in [0.05, 0.1) is 12.8 Å². The van der Waals surface area contributed by atoms with Gasteiger partial charge in [-0.2, -0.15) is 5.10 Å². The summed E-state index contributed by atoms with van der Waals surface area (Å²) in [6, 6.07) is 0. The van der Waals surface area contributed by atoms with Crippen LogP contribution < -0.4 is 0 Å². The predicted molar refractivity (Wildman–Crippen MR) is 34.5 cm³/mol. The Morgan fingerprint density at radius 2 is 2.67 bits per heavy atom. The SMILES string of the molecule is C=Cn1cc(CO)cn1. The summed E-state index contributed by atoms with van der Waals surface area (Å²) < 4.78 is 1.55. The lowest BCUT2D eigenvalue weighted by molar-refractivity contribution is 0.282. The zero-order valence-corrected chi connectivity index (χ0v) is 4.99. The average molecular weight is 124 g/mol. The summed E-state index contributed by atoms with van der Waals surface area (Å²) in [7, 11) is 0. The van der Waals surface area contributed by atoms with Gasteiger partial charge in [-0.3, -0.25) is 0 Å². The molecule has 0 saturated carbocycles. The quantitative estimate of drug-likeness (QED) is 0.622. The molecule has 0 amide bonds. The van der Waals surface area contributed by atoms with Gasteiger partial charge >= 0.3 is 0 Å². The Hall–Kier alpha value is -1.09. The molecule has 0 aliphatic carbocycles. The highest BCUT2D eigenvalue weighted by atomic mass is 16.3. The van der Waals surface area contributed by atoms with Crippen molar-refractivity contribution < 1.29 is 5.11 Å². The van der Waals surface area contributed by atoms with Gasteiger partial charge in [-0.1, -0.05) is 6.58 Å². The Labute approximate surface area is 53.2 Å². The van der Waals surface area contributed by atoms with Crippen molar-refractivity contribution in [2.75, 3.05) is 0 Å². The maximum atomic E-state index is 8.56. The number of nitrogens with zero attached hydrogens (tertiary/aromatic N) is 2. The summed E-state index contributed by atoms with van der Waals surface area (Å²) in [6.07, 6.45) is 4.88. The molecule has 0 fully saturated rings. The summed E-state index contributed by atoms with van der Waals surface area (Å²) in [4.78, 5) is 0. The van der Waals surface area contributed by atoms with Gasteiger partial charge in [0.2, 0.25) is 0 Å². The molecule has 1 heterocycles. The molecule has 1 aromatic rings. The highest BCUT2D eigenvalue weighted by Crippen LogP contribution is 1.95. The molecule has 0 atom stereocenters. The summed E-state index contributed by atoms with van der Waals surface area (Å²) in [6.45, 7) is 3.53. The van der Waals surface area contributed by atoms with E-state index in [4.69, 9.17) is 5.11 Å². The van der Waals surface area contributed by atoms with Crippen molar-refractivity contribution in [2.45, 2.75) is 6.61 Å². The van der Waals surface area contributed by atoms with Crippen molar-refractivity contribution in [1.29, 1.82) is 0 Å². The van der Waals surface area contributed by atoms with Gasteiger partial charge in [-0.05, 0) is 0 Å². The second kappa shape index (κ2) is 2.46. The first-order valence-electron chi connectivity index (χ1n) is 2.63. The second-order valence-electron chi connectivity index (χ2n) is 1.67. The molecule has 48 valence electrons. The molecular formula is C6H8N2O. The Kier molecular flexibility index (Phi) is 1.65. The fourth-order valence-corrected chi connectivity index (χ4v) is 0.559. The first kappa shape index (κ1) is 6.04. The van der Waals surface area contributed by atoms with Crippen LogP contribution in [0.2, 0.25) is 0 Å². The van der Waals surface area contributed by atoms with Crippen LogP contribution in [0.15, 0.2) is 19.0 Å². The minimum Gasteiger partial charge on any atom is -0.392 e. The highest BCUT2D eigenvalue weighted by Gasteiger charge is 1.90. The molecule has 0 unspecified atom stereocenters. The molecule has 0 aromatic carbocycles. The molecule has 0 aliphatic rings. The summed E-state index contributed by atoms with van der Waals surface area (Å²) in [5.41, 5.74) is 0.801. The lowest BCUT2D eigenvalue weighted by Gasteiger charge is -1.83. The molecule has 0 aliphatic heterocycles. The number of hydrogen-bond donors (Lipinski definition) is 1. The van der Waals surface area contributed by atoms with E-state index in [2.05, 4.69) is 11.7 Å². The fraction of sp³-hybridized carbons (Fsp3) is 0.167. The Bertz CT molecular complexity index is 205. The van der Waals surface area contributed by atoms with Crippen LogP contribution in [0, 0.1) is 0 Å². The fourth-order valence-electron chi connectivity index (χ4n) is 0.559. The van der Waals surface area contributed by atoms with Crippen LogP contribution in [-0.4, -0.2) is 14.9 Å². The summed E-state index contributed by atoms with van der Waals surface area (Å²) in [5, 5.41) is 12.4. The van der Waals surface area contributed by atoms with Gasteiger partial charge in [-0.25, -0.2) is 4.68 Å². The van der Waals surface area contributed by atoms with Crippen LogP contribution in [0.1, 0.15) is 5.56 Å². The van der Waals surface area contributed by atoms with E-state index in [1.807, 2.05) is 0 Å². The molecule has 0 bridgehead atoms. The van der Waals surface area contributed by atoms with Crippen LogP contribution >= 0.6 is 0 Å². The molecule has 1 aromatic heterocycles. The minimum atomic E-state index is 0.0356. The monoisotopic (exact) mass is 124 g/mol. The van der Waals surface area contributed by atoms with Gasteiger partial charge in [0, 0.05) is 18.0 Å². The van der Waals surface area contributed by atoms with Crippen LogP contribution in [0.25, 0.3) is 6.20 Å².